The third kappa shape index (κ3) is 3.78. The molecule has 0 aromatic heterocycles. The van der Waals surface area contributed by atoms with Crippen molar-refractivity contribution in [2.45, 2.75) is 18.9 Å². The summed E-state index contributed by atoms with van der Waals surface area (Å²) in [5.41, 5.74) is 6.94. The molecule has 0 bridgehead atoms. The first-order chi connectivity index (χ1) is 9.47. The highest BCUT2D eigenvalue weighted by molar-refractivity contribution is 9.10. The molecule has 5 heteroatoms. The monoisotopic (exact) mass is 359 g/mol. The molecule has 0 spiro atoms. The number of benzene rings is 2. The maximum Gasteiger partial charge on any atom is 0.143 e. The molecule has 2 N–H and O–H groups in total. The normalized spacial score (nSPS) is 12.4. The van der Waals surface area contributed by atoms with Crippen LogP contribution in [0.3, 0.4) is 0 Å². The third-order valence-corrected chi connectivity index (χ3v) is 3.84. The van der Waals surface area contributed by atoms with Crippen LogP contribution in [0.1, 0.15) is 11.1 Å². The van der Waals surface area contributed by atoms with Crippen LogP contribution < -0.4 is 5.73 Å². The molecule has 1 atom stereocenters. The van der Waals surface area contributed by atoms with Crippen molar-refractivity contribution in [3.05, 3.63) is 68.7 Å². The van der Waals surface area contributed by atoms with Crippen molar-refractivity contribution >= 4 is 27.5 Å². The van der Waals surface area contributed by atoms with Crippen molar-refractivity contribution in [1.29, 1.82) is 0 Å². The number of halogens is 4. The molecule has 0 saturated carbocycles. The second-order valence-corrected chi connectivity index (χ2v) is 5.91. The Hall–Kier alpha value is -0.970. The van der Waals surface area contributed by atoms with Gasteiger partial charge in [0.1, 0.15) is 11.6 Å². The zero-order valence-electron chi connectivity index (χ0n) is 10.5. The molecule has 1 nitrogen and oxygen atoms in total. The lowest BCUT2D eigenvalue weighted by Crippen LogP contribution is -2.26. The number of rotatable bonds is 4. The average Bonchev–Trinajstić information content (AvgIpc) is 2.39. The zero-order valence-corrected chi connectivity index (χ0v) is 12.9. The molecule has 0 aliphatic rings. The lowest BCUT2D eigenvalue weighted by molar-refractivity contribution is 0.530. The van der Waals surface area contributed by atoms with Gasteiger partial charge in [-0.05, 0) is 58.6 Å². The summed E-state index contributed by atoms with van der Waals surface area (Å²) in [7, 11) is 0. The van der Waals surface area contributed by atoms with Crippen LogP contribution >= 0.6 is 27.5 Å². The van der Waals surface area contributed by atoms with Crippen molar-refractivity contribution in [2.24, 2.45) is 5.73 Å². The molecule has 0 heterocycles. The predicted octanol–water partition coefficient (Wildman–Crippen LogP) is 4.49. The summed E-state index contributed by atoms with van der Waals surface area (Å²) in [4.78, 5) is 0. The summed E-state index contributed by atoms with van der Waals surface area (Å²) in [5.74, 6) is -1.17. The standard InChI is InChI=1S/C15H13BrClF2N/c16-13-4-5-14(18)12(15(13)19)8-11(20)7-9-2-1-3-10(17)6-9/h1-6,11H,7-8,20H2. The van der Waals surface area contributed by atoms with E-state index in [9.17, 15) is 8.78 Å². The minimum atomic E-state index is -0.591. The summed E-state index contributed by atoms with van der Waals surface area (Å²) in [6, 6.07) is 9.47. The Morgan fingerprint density at radius 3 is 2.60 bits per heavy atom. The average molecular weight is 361 g/mol. The second kappa shape index (κ2) is 6.66. The highest BCUT2D eigenvalue weighted by atomic mass is 79.9. The van der Waals surface area contributed by atoms with Gasteiger partial charge in [0.2, 0.25) is 0 Å². The van der Waals surface area contributed by atoms with Crippen LogP contribution in [0.2, 0.25) is 5.02 Å². The van der Waals surface area contributed by atoms with Gasteiger partial charge >= 0.3 is 0 Å². The van der Waals surface area contributed by atoms with E-state index in [1.165, 1.54) is 12.1 Å². The molecule has 0 radical (unpaired) electrons. The maximum absolute atomic E-state index is 13.9. The van der Waals surface area contributed by atoms with E-state index in [2.05, 4.69) is 15.9 Å². The number of hydrogen-bond acceptors (Lipinski definition) is 1. The Balaban J connectivity index is 2.12. The van der Waals surface area contributed by atoms with Crippen molar-refractivity contribution in [2.75, 3.05) is 0 Å². The lowest BCUT2D eigenvalue weighted by Gasteiger charge is -2.14. The van der Waals surface area contributed by atoms with E-state index in [-0.39, 0.29) is 22.5 Å². The molecular weight excluding hydrogens is 348 g/mol. The number of nitrogens with two attached hydrogens (primary N) is 1. The Labute approximate surface area is 129 Å². The third-order valence-electron chi connectivity index (χ3n) is 2.99. The van der Waals surface area contributed by atoms with Crippen LogP contribution in [0.4, 0.5) is 8.78 Å². The molecule has 2 aromatic rings. The Morgan fingerprint density at radius 1 is 1.15 bits per heavy atom. The van der Waals surface area contributed by atoms with E-state index in [1.807, 2.05) is 12.1 Å². The van der Waals surface area contributed by atoms with Crippen molar-refractivity contribution < 1.29 is 8.78 Å². The smallest absolute Gasteiger partial charge is 0.143 e. The quantitative estimate of drug-likeness (QED) is 0.799. The second-order valence-electron chi connectivity index (χ2n) is 4.62. The van der Waals surface area contributed by atoms with E-state index < -0.39 is 11.6 Å². The van der Waals surface area contributed by atoms with Gasteiger partial charge in [-0.1, -0.05) is 23.7 Å². The fraction of sp³-hybridized carbons (Fsp3) is 0.200. The summed E-state index contributed by atoms with van der Waals surface area (Å²) in [6.07, 6.45) is 0.634. The molecule has 2 aromatic carbocycles. The number of hydrogen-bond donors (Lipinski definition) is 1. The molecule has 0 aliphatic carbocycles. The highest BCUT2D eigenvalue weighted by Crippen LogP contribution is 2.23. The van der Waals surface area contributed by atoms with Crippen LogP contribution in [-0.2, 0) is 12.8 Å². The molecular formula is C15H13BrClF2N. The first-order valence-corrected chi connectivity index (χ1v) is 7.27. The van der Waals surface area contributed by atoms with E-state index in [1.54, 1.807) is 12.1 Å². The Kier molecular flexibility index (Phi) is 5.13. The van der Waals surface area contributed by atoms with Gasteiger partial charge in [0.15, 0.2) is 0 Å². The molecule has 0 amide bonds. The van der Waals surface area contributed by atoms with Gasteiger partial charge in [0, 0.05) is 16.6 Å². The largest absolute Gasteiger partial charge is 0.327 e. The van der Waals surface area contributed by atoms with Gasteiger partial charge in [-0.25, -0.2) is 8.78 Å². The SMILES string of the molecule is NC(Cc1cccc(Cl)c1)Cc1c(F)ccc(Br)c1F. The Morgan fingerprint density at radius 2 is 1.90 bits per heavy atom. The van der Waals surface area contributed by atoms with Crippen molar-refractivity contribution in [3.8, 4) is 0 Å². The van der Waals surface area contributed by atoms with Crippen LogP contribution in [-0.4, -0.2) is 6.04 Å². The van der Waals surface area contributed by atoms with E-state index >= 15 is 0 Å². The molecule has 2 rings (SSSR count). The first-order valence-electron chi connectivity index (χ1n) is 6.09. The van der Waals surface area contributed by atoms with Gasteiger partial charge in [0.25, 0.3) is 0 Å². The van der Waals surface area contributed by atoms with Crippen molar-refractivity contribution in [3.63, 3.8) is 0 Å². The van der Waals surface area contributed by atoms with Crippen LogP contribution in [0.5, 0.6) is 0 Å². The minimum absolute atomic E-state index is 0.00824. The summed E-state index contributed by atoms with van der Waals surface area (Å²) in [6.45, 7) is 0. The Bertz CT molecular complexity index is 619. The zero-order chi connectivity index (χ0) is 14.7. The van der Waals surface area contributed by atoms with Gasteiger partial charge in [-0.2, -0.15) is 0 Å². The van der Waals surface area contributed by atoms with Crippen LogP contribution in [0.15, 0.2) is 40.9 Å². The van der Waals surface area contributed by atoms with E-state index in [0.717, 1.165) is 5.56 Å². The van der Waals surface area contributed by atoms with E-state index in [0.29, 0.717) is 11.4 Å². The fourth-order valence-electron chi connectivity index (χ4n) is 2.06. The van der Waals surface area contributed by atoms with Crippen LogP contribution in [0.25, 0.3) is 0 Å². The van der Waals surface area contributed by atoms with Gasteiger partial charge in [-0.15, -0.1) is 0 Å². The molecule has 20 heavy (non-hydrogen) atoms. The molecule has 106 valence electrons. The maximum atomic E-state index is 13.9. The first kappa shape index (κ1) is 15.4. The van der Waals surface area contributed by atoms with E-state index in [4.69, 9.17) is 17.3 Å². The molecule has 1 unspecified atom stereocenters. The van der Waals surface area contributed by atoms with Gasteiger partial charge in [-0.3, -0.25) is 0 Å². The van der Waals surface area contributed by atoms with Gasteiger partial charge < -0.3 is 5.73 Å². The fourth-order valence-corrected chi connectivity index (χ4v) is 2.64. The van der Waals surface area contributed by atoms with Gasteiger partial charge in [0.05, 0.1) is 4.47 Å². The molecule has 0 aliphatic heterocycles. The highest BCUT2D eigenvalue weighted by Gasteiger charge is 2.16. The lowest BCUT2D eigenvalue weighted by atomic mass is 9.99. The summed E-state index contributed by atoms with van der Waals surface area (Å²) < 4.78 is 27.8. The minimum Gasteiger partial charge on any atom is -0.327 e. The molecule has 0 saturated heterocycles. The summed E-state index contributed by atoms with van der Waals surface area (Å²) in [5, 5.41) is 0.620. The topological polar surface area (TPSA) is 26.0 Å². The van der Waals surface area contributed by atoms with Crippen molar-refractivity contribution in [1.82, 2.24) is 0 Å². The van der Waals surface area contributed by atoms with Crippen LogP contribution in [0, 0.1) is 11.6 Å². The predicted molar refractivity (Wildman–Crippen MR) is 80.9 cm³/mol. The summed E-state index contributed by atoms with van der Waals surface area (Å²) >= 11 is 8.94. The molecule has 0 fully saturated rings.